The van der Waals surface area contributed by atoms with Crippen LogP contribution in [0.15, 0.2) is 0 Å². The number of hydrogen-bond donors (Lipinski definition) is 1. The number of nitrogens with zero attached hydrogens (tertiary/aromatic N) is 1. The maximum atomic E-state index is 12.4. The third kappa shape index (κ3) is 4.89. The Kier molecular flexibility index (Phi) is 6.04. The Morgan fingerprint density at radius 2 is 1.86 bits per heavy atom. The number of rotatable bonds is 6. The minimum absolute atomic E-state index is 0.0301. The monoisotopic (exact) mass is 308 g/mol. The molecule has 0 aromatic rings. The third-order valence-electron chi connectivity index (χ3n) is 3.69. The highest BCUT2D eigenvalue weighted by Crippen LogP contribution is 2.23. The Hall–Kier alpha value is -1.27. The van der Waals surface area contributed by atoms with E-state index in [0.29, 0.717) is 6.42 Å². The summed E-state index contributed by atoms with van der Waals surface area (Å²) < 4.78 is 36.4. The van der Waals surface area contributed by atoms with Crippen LogP contribution in [-0.4, -0.2) is 41.5 Å². The second-order valence-electron chi connectivity index (χ2n) is 5.76. The van der Waals surface area contributed by atoms with Crippen LogP contribution in [0, 0.1) is 5.92 Å². The van der Waals surface area contributed by atoms with E-state index in [0.717, 1.165) is 0 Å². The molecule has 0 radical (unpaired) electrons. The molecule has 7 heteroatoms. The molecule has 1 aliphatic rings. The second-order valence-corrected chi connectivity index (χ2v) is 5.76. The normalized spacial score (nSPS) is 23.7. The number of unbranched alkanes of at least 4 members (excludes halogenated alkanes) is 1. The molecule has 0 aliphatic carbocycles. The molecule has 1 aliphatic heterocycles. The van der Waals surface area contributed by atoms with Crippen molar-refractivity contribution in [3.63, 3.8) is 0 Å². The smallest absolute Gasteiger partial charge is 0.342 e. The third-order valence-corrected chi connectivity index (χ3v) is 3.69. The highest BCUT2D eigenvalue weighted by molar-refractivity contribution is 5.97. The highest BCUT2D eigenvalue weighted by Gasteiger charge is 2.40. The molecule has 2 amide bonds. The Morgan fingerprint density at radius 1 is 1.24 bits per heavy atom. The number of hydrogen-bond acceptors (Lipinski definition) is 2. The Balaban J connectivity index is 2.65. The Morgan fingerprint density at radius 3 is 2.33 bits per heavy atom. The van der Waals surface area contributed by atoms with Crippen molar-refractivity contribution in [3.05, 3.63) is 0 Å². The number of halogens is 3. The van der Waals surface area contributed by atoms with E-state index < -0.39 is 24.7 Å². The maximum Gasteiger partial charge on any atom is 0.389 e. The van der Waals surface area contributed by atoms with Crippen LogP contribution in [0.1, 0.15) is 46.5 Å². The van der Waals surface area contributed by atoms with Crippen molar-refractivity contribution in [1.29, 1.82) is 0 Å². The first-order chi connectivity index (χ1) is 9.67. The van der Waals surface area contributed by atoms with Gasteiger partial charge in [-0.3, -0.25) is 9.59 Å². The largest absolute Gasteiger partial charge is 0.389 e. The number of nitrogens with one attached hydrogen (secondary N) is 1. The lowest BCUT2D eigenvalue weighted by molar-refractivity contribution is -0.151. The average Bonchev–Trinajstić information content (AvgIpc) is 2.36. The number of piperazine rings is 1. The van der Waals surface area contributed by atoms with Gasteiger partial charge in [0.1, 0.15) is 12.1 Å². The van der Waals surface area contributed by atoms with E-state index in [1.807, 2.05) is 13.8 Å². The molecule has 1 heterocycles. The van der Waals surface area contributed by atoms with Crippen molar-refractivity contribution in [2.45, 2.75) is 64.7 Å². The molecular formula is C14H23F3N2O2. The van der Waals surface area contributed by atoms with Gasteiger partial charge in [0.25, 0.3) is 0 Å². The molecule has 1 saturated heterocycles. The summed E-state index contributed by atoms with van der Waals surface area (Å²) >= 11 is 0. The fourth-order valence-electron chi connectivity index (χ4n) is 2.52. The van der Waals surface area contributed by atoms with Crippen LogP contribution in [0.2, 0.25) is 0 Å². The molecule has 1 N–H and O–H groups in total. The van der Waals surface area contributed by atoms with Gasteiger partial charge >= 0.3 is 6.18 Å². The molecule has 2 atom stereocenters. The molecule has 0 aromatic heterocycles. The van der Waals surface area contributed by atoms with Gasteiger partial charge in [-0.05, 0) is 25.2 Å². The lowest BCUT2D eigenvalue weighted by atomic mass is 9.96. The summed E-state index contributed by atoms with van der Waals surface area (Å²) in [6.45, 7) is 5.65. The van der Waals surface area contributed by atoms with Gasteiger partial charge in [0.05, 0.1) is 0 Å². The van der Waals surface area contributed by atoms with Gasteiger partial charge in [-0.15, -0.1) is 0 Å². The standard InChI is InChI=1S/C14H23F3N2O2/c1-4-10-12(20)18-11(9(2)3)13(21)19(10)8-6-5-7-14(15,16)17/h9-11H,4-8H2,1-3H3,(H,18,20). The first kappa shape index (κ1) is 17.8. The highest BCUT2D eigenvalue weighted by atomic mass is 19.4. The zero-order valence-corrected chi connectivity index (χ0v) is 12.7. The van der Waals surface area contributed by atoms with E-state index in [9.17, 15) is 22.8 Å². The minimum Gasteiger partial charge on any atom is -0.342 e. The molecule has 0 saturated carbocycles. The Bertz CT molecular complexity index is 383. The molecule has 1 rings (SSSR count). The summed E-state index contributed by atoms with van der Waals surface area (Å²) in [6.07, 6.45) is -4.35. The van der Waals surface area contributed by atoms with Gasteiger partial charge in [0, 0.05) is 13.0 Å². The van der Waals surface area contributed by atoms with Crippen LogP contribution in [-0.2, 0) is 9.59 Å². The summed E-state index contributed by atoms with van der Waals surface area (Å²) in [7, 11) is 0. The van der Waals surface area contributed by atoms with Gasteiger partial charge < -0.3 is 10.2 Å². The van der Waals surface area contributed by atoms with Gasteiger partial charge in [-0.2, -0.15) is 13.2 Å². The molecule has 122 valence electrons. The van der Waals surface area contributed by atoms with Crippen LogP contribution < -0.4 is 5.32 Å². The van der Waals surface area contributed by atoms with Gasteiger partial charge in [-0.1, -0.05) is 20.8 Å². The number of amides is 2. The van der Waals surface area contributed by atoms with Gasteiger partial charge in [-0.25, -0.2) is 0 Å². The first-order valence-electron chi connectivity index (χ1n) is 7.35. The van der Waals surface area contributed by atoms with E-state index in [1.54, 1.807) is 6.92 Å². The van der Waals surface area contributed by atoms with Crippen molar-refractivity contribution in [3.8, 4) is 0 Å². The second kappa shape index (κ2) is 7.13. The van der Waals surface area contributed by atoms with E-state index in [4.69, 9.17) is 0 Å². The van der Waals surface area contributed by atoms with E-state index in [-0.39, 0.29) is 37.1 Å². The van der Waals surface area contributed by atoms with E-state index in [2.05, 4.69) is 5.32 Å². The summed E-state index contributed by atoms with van der Waals surface area (Å²) in [6, 6.07) is -1.15. The van der Waals surface area contributed by atoms with Crippen molar-refractivity contribution in [1.82, 2.24) is 10.2 Å². The zero-order chi connectivity index (χ0) is 16.2. The van der Waals surface area contributed by atoms with Gasteiger partial charge in [0.2, 0.25) is 11.8 Å². The average molecular weight is 308 g/mol. The van der Waals surface area contributed by atoms with E-state index in [1.165, 1.54) is 4.90 Å². The maximum absolute atomic E-state index is 12.4. The summed E-state index contributed by atoms with van der Waals surface area (Å²) in [5.41, 5.74) is 0. The van der Waals surface area contributed by atoms with Crippen molar-refractivity contribution < 1.29 is 22.8 Å². The molecule has 1 fully saturated rings. The lowest BCUT2D eigenvalue weighted by Gasteiger charge is -2.40. The van der Waals surface area contributed by atoms with Gasteiger partial charge in [0.15, 0.2) is 0 Å². The molecule has 21 heavy (non-hydrogen) atoms. The molecular weight excluding hydrogens is 285 g/mol. The summed E-state index contributed by atoms with van der Waals surface area (Å²) in [4.78, 5) is 25.8. The summed E-state index contributed by atoms with van der Waals surface area (Å²) in [5.74, 6) is -0.452. The topological polar surface area (TPSA) is 49.4 Å². The summed E-state index contributed by atoms with van der Waals surface area (Å²) in [5, 5.41) is 2.70. The fraction of sp³-hybridized carbons (Fsp3) is 0.857. The van der Waals surface area contributed by atoms with Crippen LogP contribution >= 0.6 is 0 Å². The van der Waals surface area contributed by atoms with Crippen molar-refractivity contribution in [2.75, 3.05) is 6.54 Å². The molecule has 4 nitrogen and oxygen atoms in total. The predicted octanol–water partition coefficient (Wildman–Crippen LogP) is 2.48. The molecule has 2 unspecified atom stereocenters. The quantitative estimate of drug-likeness (QED) is 0.766. The van der Waals surface area contributed by atoms with Crippen LogP contribution in [0.4, 0.5) is 13.2 Å². The minimum atomic E-state index is -4.17. The fourth-order valence-corrected chi connectivity index (χ4v) is 2.52. The van der Waals surface area contributed by atoms with E-state index >= 15 is 0 Å². The van der Waals surface area contributed by atoms with Crippen molar-refractivity contribution >= 4 is 11.8 Å². The number of alkyl halides is 3. The zero-order valence-electron chi connectivity index (χ0n) is 12.7. The number of carbonyl (C=O) groups is 2. The SMILES string of the molecule is CCC1C(=O)NC(C(C)C)C(=O)N1CCCCC(F)(F)F. The molecule has 0 bridgehead atoms. The molecule has 0 aromatic carbocycles. The van der Waals surface area contributed by atoms with Crippen LogP contribution in [0.3, 0.4) is 0 Å². The lowest BCUT2D eigenvalue weighted by Crippen LogP contribution is -2.64. The van der Waals surface area contributed by atoms with Crippen LogP contribution in [0.5, 0.6) is 0 Å². The first-order valence-corrected chi connectivity index (χ1v) is 7.35. The van der Waals surface area contributed by atoms with Crippen molar-refractivity contribution in [2.24, 2.45) is 5.92 Å². The Labute approximate surface area is 123 Å². The van der Waals surface area contributed by atoms with Crippen LogP contribution in [0.25, 0.3) is 0 Å². The molecule has 0 spiro atoms. The predicted molar refractivity (Wildman–Crippen MR) is 72.5 cm³/mol. The number of carbonyl (C=O) groups excluding carboxylic acids is 2.